The second-order valence-corrected chi connectivity index (χ2v) is 9.49. The van der Waals surface area contributed by atoms with Crippen LogP contribution >= 0.6 is 0 Å². The molecular weight excluding hydrogens is 396 g/mol. The Balaban J connectivity index is 1.49. The molecule has 1 N–H and O–H groups in total. The molecule has 1 unspecified atom stereocenters. The van der Waals surface area contributed by atoms with Gasteiger partial charge in [-0.05, 0) is 57.7 Å². The number of nitrogens with zero attached hydrogens (tertiary/aromatic N) is 3. The molecule has 2 fully saturated rings. The number of amides is 3. The van der Waals surface area contributed by atoms with Crippen LogP contribution in [0.3, 0.4) is 0 Å². The molecule has 4 rings (SSSR count). The molecule has 0 saturated carbocycles. The Morgan fingerprint density at radius 1 is 1.03 bits per heavy atom. The molecule has 2 saturated heterocycles. The van der Waals surface area contributed by atoms with Crippen LogP contribution in [-0.4, -0.2) is 67.2 Å². The second-order valence-electron chi connectivity index (χ2n) is 9.49. The van der Waals surface area contributed by atoms with Crippen LogP contribution in [0.4, 0.5) is 16.2 Å². The molecule has 0 aliphatic carbocycles. The fraction of sp³-hybridized carbons (Fsp3) is 0.609. The van der Waals surface area contributed by atoms with Crippen LogP contribution in [0.15, 0.2) is 18.2 Å². The number of nitrogens with one attached hydrogen (secondary N) is 1. The summed E-state index contributed by atoms with van der Waals surface area (Å²) in [5, 5.41) is 2.49. The fourth-order valence-corrected chi connectivity index (χ4v) is 4.69. The molecule has 8 heteroatoms. The molecule has 0 spiro atoms. The number of piperazine rings is 1. The van der Waals surface area contributed by atoms with Gasteiger partial charge in [-0.3, -0.25) is 14.9 Å². The first-order valence-corrected chi connectivity index (χ1v) is 11.2. The number of piperidine rings is 1. The van der Waals surface area contributed by atoms with Crippen molar-refractivity contribution in [2.75, 3.05) is 42.5 Å². The molecule has 168 valence electrons. The Hall–Kier alpha value is -2.77. The van der Waals surface area contributed by atoms with Crippen LogP contribution < -0.4 is 15.1 Å². The number of fused-ring (bicyclic) bond motifs is 1. The smallest absolute Gasteiger partial charge is 0.410 e. The van der Waals surface area contributed by atoms with Gasteiger partial charge >= 0.3 is 6.09 Å². The quantitative estimate of drug-likeness (QED) is 0.728. The van der Waals surface area contributed by atoms with Gasteiger partial charge in [0, 0.05) is 50.5 Å². The summed E-state index contributed by atoms with van der Waals surface area (Å²) in [5.41, 5.74) is 3.03. The first kappa shape index (κ1) is 21.5. The summed E-state index contributed by atoms with van der Waals surface area (Å²) in [6.07, 6.45) is 2.62. The maximum atomic E-state index is 12.5. The van der Waals surface area contributed by atoms with E-state index in [0.717, 1.165) is 38.2 Å². The van der Waals surface area contributed by atoms with Gasteiger partial charge in [0.25, 0.3) is 0 Å². The Bertz CT molecular complexity index is 871. The Labute approximate surface area is 183 Å². The highest BCUT2D eigenvalue weighted by Crippen LogP contribution is 2.37. The largest absolute Gasteiger partial charge is 0.444 e. The number of carbonyl (C=O) groups excluding carboxylic acids is 3. The van der Waals surface area contributed by atoms with E-state index in [4.69, 9.17) is 4.74 Å². The molecule has 0 radical (unpaired) electrons. The van der Waals surface area contributed by atoms with E-state index in [0.29, 0.717) is 25.9 Å². The fourth-order valence-electron chi connectivity index (χ4n) is 4.69. The monoisotopic (exact) mass is 428 g/mol. The van der Waals surface area contributed by atoms with E-state index in [-0.39, 0.29) is 23.9 Å². The number of carbonyl (C=O) groups is 3. The molecule has 0 aromatic heterocycles. The van der Waals surface area contributed by atoms with Gasteiger partial charge in [0.05, 0.1) is 0 Å². The molecule has 3 heterocycles. The van der Waals surface area contributed by atoms with Crippen molar-refractivity contribution in [2.45, 2.75) is 58.1 Å². The molecule has 8 nitrogen and oxygen atoms in total. The molecular formula is C23H32N4O4. The maximum absolute atomic E-state index is 12.5. The third-order valence-electron chi connectivity index (χ3n) is 6.12. The van der Waals surface area contributed by atoms with Gasteiger partial charge in [0.2, 0.25) is 11.8 Å². The highest BCUT2D eigenvalue weighted by atomic mass is 16.6. The van der Waals surface area contributed by atoms with E-state index in [1.807, 2.05) is 26.8 Å². The zero-order valence-electron chi connectivity index (χ0n) is 18.6. The summed E-state index contributed by atoms with van der Waals surface area (Å²) in [7, 11) is 0. The third-order valence-corrected chi connectivity index (χ3v) is 6.12. The minimum Gasteiger partial charge on any atom is -0.444 e. The van der Waals surface area contributed by atoms with Crippen LogP contribution in [-0.2, 0) is 20.7 Å². The lowest BCUT2D eigenvalue weighted by Gasteiger charge is -2.42. The molecule has 3 aliphatic rings. The van der Waals surface area contributed by atoms with Crippen LogP contribution in [0.1, 0.15) is 45.6 Å². The van der Waals surface area contributed by atoms with E-state index in [2.05, 4.69) is 27.2 Å². The van der Waals surface area contributed by atoms with Crippen LogP contribution in [0.25, 0.3) is 0 Å². The van der Waals surface area contributed by atoms with Crippen molar-refractivity contribution in [2.24, 2.45) is 0 Å². The molecule has 1 atom stereocenters. The van der Waals surface area contributed by atoms with E-state index >= 15 is 0 Å². The predicted molar refractivity (Wildman–Crippen MR) is 118 cm³/mol. The lowest BCUT2D eigenvalue weighted by atomic mass is 9.94. The van der Waals surface area contributed by atoms with Gasteiger partial charge in [-0.1, -0.05) is 6.07 Å². The molecule has 3 aliphatic heterocycles. The summed E-state index contributed by atoms with van der Waals surface area (Å²) in [6, 6.07) is 5.96. The average Bonchev–Trinajstić information content (AvgIpc) is 2.72. The Morgan fingerprint density at radius 3 is 2.42 bits per heavy atom. The van der Waals surface area contributed by atoms with E-state index < -0.39 is 5.60 Å². The Kier molecular flexibility index (Phi) is 5.81. The maximum Gasteiger partial charge on any atom is 0.410 e. The predicted octanol–water partition coefficient (Wildman–Crippen LogP) is 2.30. The summed E-state index contributed by atoms with van der Waals surface area (Å²) in [5.74, 6) is -0.379. The number of anilines is 2. The van der Waals surface area contributed by atoms with Gasteiger partial charge in [-0.15, -0.1) is 0 Å². The Morgan fingerprint density at radius 2 is 1.74 bits per heavy atom. The first-order valence-electron chi connectivity index (χ1n) is 11.2. The van der Waals surface area contributed by atoms with E-state index in [9.17, 15) is 14.4 Å². The lowest BCUT2D eigenvalue weighted by molar-refractivity contribution is -0.134. The topological polar surface area (TPSA) is 82.2 Å². The summed E-state index contributed by atoms with van der Waals surface area (Å²) < 4.78 is 5.51. The van der Waals surface area contributed by atoms with Crippen molar-refractivity contribution in [1.82, 2.24) is 10.2 Å². The third kappa shape index (κ3) is 4.62. The molecule has 0 bridgehead atoms. The van der Waals surface area contributed by atoms with Gasteiger partial charge < -0.3 is 19.4 Å². The summed E-state index contributed by atoms with van der Waals surface area (Å²) >= 11 is 0. The van der Waals surface area contributed by atoms with Crippen molar-refractivity contribution < 1.29 is 19.1 Å². The van der Waals surface area contributed by atoms with Crippen molar-refractivity contribution in [3.8, 4) is 0 Å². The molecule has 1 aromatic carbocycles. The number of benzene rings is 1. The van der Waals surface area contributed by atoms with Gasteiger partial charge in [-0.25, -0.2) is 4.79 Å². The number of hydrogen-bond acceptors (Lipinski definition) is 6. The zero-order chi connectivity index (χ0) is 22.2. The van der Waals surface area contributed by atoms with E-state index in [1.54, 1.807) is 4.90 Å². The summed E-state index contributed by atoms with van der Waals surface area (Å²) in [6.45, 7) is 9.19. The minimum absolute atomic E-state index is 0.185. The van der Waals surface area contributed by atoms with Crippen LogP contribution in [0, 0.1) is 0 Å². The van der Waals surface area contributed by atoms with Crippen molar-refractivity contribution in [1.29, 1.82) is 0 Å². The van der Waals surface area contributed by atoms with Crippen LogP contribution in [0.2, 0.25) is 0 Å². The molecule has 3 amide bonds. The average molecular weight is 429 g/mol. The number of hydrogen-bond donors (Lipinski definition) is 1. The minimum atomic E-state index is -0.494. The van der Waals surface area contributed by atoms with Gasteiger partial charge in [0.15, 0.2) is 0 Å². The van der Waals surface area contributed by atoms with Crippen molar-refractivity contribution in [3.63, 3.8) is 0 Å². The zero-order valence-corrected chi connectivity index (χ0v) is 18.6. The lowest BCUT2D eigenvalue weighted by Crippen LogP contribution is -2.54. The van der Waals surface area contributed by atoms with Crippen molar-refractivity contribution in [3.05, 3.63) is 23.8 Å². The molecule has 31 heavy (non-hydrogen) atoms. The standard InChI is InChI=1S/C23H32N4O4/c1-23(2,3)31-22(30)26-14-12-25(13-15-26)17-7-4-8-18-16(17)6-5-11-27(18)19-9-10-20(28)24-21(19)29/h4,7-8,19H,5-6,9-15H2,1-3H3,(H,24,28,29). The number of rotatable bonds is 2. The molecule has 1 aromatic rings. The number of ether oxygens (including phenoxy) is 1. The normalized spacial score (nSPS) is 22.2. The second kappa shape index (κ2) is 8.40. The van der Waals surface area contributed by atoms with Gasteiger partial charge in [-0.2, -0.15) is 0 Å². The highest BCUT2D eigenvalue weighted by Gasteiger charge is 2.35. The van der Waals surface area contributed by atoms with Gasteiger partial charge in [0.1, 0.15) is 11.6 Å². The van der Waals surface area contributed by atoms with Crippen LogP contribution in [0.5, 0.6) is 0 Å². The highest BCUT2D eigenvalue weighted by molar-refractivity contribution is 6.02. The number of imide groups is 1. The van der Waals surface area contributed by atoms with Crippen molar-refractivity contribution >= 4 is 29.3 Å². The summed E-state index contributed by atoms with van der Waals surface area (Å²) in [4.78, 5) is 42.7. The first-order chi connectivity index (χ1) is 14.7. The van der Waals surface area contributed by atoms with E-state index in [1.165, 1.54) is 11.3 Å². The SMILES string of the molecule is CC(C)(C)OC(=O)N1CCN(c2cccc3c2CCCN3C2CCC(=O)NC2=O)CC1.